The molecule has 140 valence electrons. The van der Waals surface area contributed by atoms with Crippen LogP contribution in [0.4, 0.5) is 5.69 Å². The number of thiazole rings is 1. The maximum Gasteiger partial charge on any atom is 0.234 e. The van der Waals surface area contributed by atoms with Crippen LogP contribution in [0.1, 0.15) is 17.3 Å². The average Bonchev–Trinajstić information content (AvgIpc) is 3.29. The zero-order valence-corrected chi connectivity index (χ0v) is 16.6. The molecular formula is C20H16N4O2S2. The van der Waals surface area contributed by atoms with Gasteiger partial charge in [0, 0.05) is 16.6 Å². The molecule has 4 rings (SSSR count). The van der Waals surface area contributed by atoms with E-state index in [-0.39, 0.29) is 17.4 Å². The number of thioether (sulfide) groups is 1. The Morgan fingerprint density at radius 3 is 2.71 bits per heavy atom. The van der Waals surface area contributed by atoms with Crippen molar-refractivity contribution >= 4 is 45.4 Å². The van der Waals surface area contributed by atoms with Crippen LogP contribution < -0.4 is 5.32 Å². The highest BCUT2D eigenvalue weighted by Gasteiger charge is 2.15. The van der Waals surface area contributed by atoms with Gasteiger partial charge in [-0.05, 0) is 24.6 Å². The number of anilines is 1. The molecule has 0 fully saturated rings. The molecule has 0 unspecified atom stereocenters. The van der Waals surface area contributed by atoms with Crippen molar-refractivity contribution in [2.45, 2.75) is 12.1 Å². The average molecular weight is 409 g/mol. The van der Waals surface area contributed by atoms with Crippen LogP contribution in [-0.4, -0.2) is 32.0 Å². The number of nitrogens with one attached hydrogen (secondary N) is 1. The summed E-state index contributed by atoms with van der Waals surface area (Å²) in [5, 5.41) is 13.9. The zero-order chi connectivity index (χ0) is 19.5. The van der Waals surface area contributed by atoms with Crippen molar-refractivity contribution in [3.63, 3.8) is 0 Å². The summed E-state index contributed by atoms with van der Waals surface area (Å²) in [4.78, 5) is 24.6. The lowest BCUT2D eigenvalue weighted by Gasteiger charge is -2.06. The van der Waals surface area contributed by atoms with Gasteiger partial charge >= 0.3 is 0 Å². The van der Waals surface area contributed by atoms with Crippen LogP contribution in [-0.2, 0) is 4.79 Å². The molecule has 1 N–H and O–H groups in total. The number of nitrogens with zero attached hydrogens (tertiary/aromatic N) is 3. The van der Waals surface area contributed by atoms with Crippen molar-refractivity contribution in [2.75, 3.05) is 11.1 Å². The number of fused-ring (bicyclic) bond motifs is 1. The molecule has 28 heavy (non-hydrogen) atoms. The molecule has 2 aromatic carbocycles. The van der Waals surface area contributed by atoms with Crippen LogP contribution >= 0.6 is 23.1 Å². The summed E-state index contributed by atoms with van der Waals surface area (Å²) in [6.45, 7) is 1.50. The fourth-order valence-electron chi connectivity index (χ4n) is 2.74. The minimum Gasteiger partial charge on any atom is -0.325 e. The second-order valence-electron chi connectivity index (χ2n) is 6.06. The van der Waals surface area contributed by atoms with Gasteiger partial charge in [-0.2, -0.15) is 0 Å². The molecule has 0 atom stereocenters. The number of hydrogen-bond acceptors (Lipinski definition) is 6. The number of Topliss-reactive ketones (excluding diaryl/α,β-unsaturated/α-hetero) is 1. The van der Waals surface area contributed by atoms with E-state index in [2.05, 4.69) is 15.5 Å². The van der Waals surface area contributed by atoms with E-state index < -0.39 is 0 Å². The summed E-state index contributed by atoms with van der Waals surface area (Å²) in [7, 11) is 0. The molecule has 2 aromatic heterocycles. The van der Waals surface area contributed by atoms with Crippen LogP contribution in [0.5, 0.6) is 0 Å². The number of benzene rings is 2. The number of aromatic nitrogens is 3. The van der Waals surface area contributed by atoms with Crippen LogP contribution in [0.25, 0.3) is 16.2 Å². The van der Waals surface area contributed by atoms with Gasteiger partial charge < -0.3 is 5.32 Å². The molecule has 6 nitrogen and oxygen atoms in total. The zero-order valence-electron chi connectivity index (χ0n) is 15.0. The molecule has 0 saturated heterocycles. The Morgan fingerprint density at radius 2 is 1.93 bits per heavy atom. The molecule has 2 heterocycles. The lowest BCUT2D eigenvalue weighted by molar-refractivity contribution is -0.113. The summed E-state index contributed by atoms with van der Waals surface area (Å²) in [6, 6.07) is 16.9. The molecule has 0 bridgehead atoms. The Hall–Kier alpha value is -2.97. The first-order chi connectivity index (χ1) is 13.6. The van der Waals surface area contributed by atoms with E-state index in [9.17, 15) is 9.59 Å². The minimum atomic E-state index is -0.168. The first-order valence-electron chi connectivity index (χ1n) is 8.53. The van der Waals surface area contributed by atoms with Crippen molar-refractivity contribution in [3.05, 3.63) is 65.5 Å². The van der Waals surface area contributed by atoms with Gasteiger partial charge in [0.05, 0.1) is 11.4 Å². The summed E-state index contributed by atoms with van der Waals surface area (Å²) in [5.41, 5.74) is 3.24. The Morgan fingerprint density at radius 1 is 1.11 bits per heavy atom. The summed E-state index contributed by atoms with van der Waals surface area (Å²) >= 11 is 2.84. The second kappa shape index (κ2) is 7.95. The third-order valence-corrected chi connectivity index (χ3v) is 5.82. The van der Waals surface area contributed by atoms with E-state index >= 15 is 0 Å². The number of carbonyl (C=O) groups excluding carboxylic acids is 2. The molecule has 8 heteroatoms. The van der Waals surface area contributed by atoms with Crippen molar-refractivity contribution in [2.24, 2.45) is 0 Å². The second-order valence-corrected chi connectivity index (χ2v) is 7.84. The third kappa shape index (κ3) is 3.83. The van der Waals surface area contributed by atoms with Gasteiger partial charge in [-0.3, -0.25) is 14.0 Å². The number of amides is 1. The third-order valence-electron chi connectivity index (χ3n) is 4.08. The fourth-order valence-corrected chi connectivity index (χ4v) is 4.38. The van der Waals surface area contributed by atoms with Crippen LogP contribution in [0.15, 0.2) is 65.1 Å². The molecule has 0 aliphatic rings. The van der Waals surface area contributed by atoms with Gasteiger partial charge in [-0.1, -0.05) is 54.2 Å². The number of rotatable bonds is 6. The van der Waals surface area contributed by atoms with Gasteiger partial charge in [0.1, 0.15) is 0 Å². The normalized spacial score (nSPS) is 10.9. The van der Waals surface area contributed by atoms with E-state index in [0.717, 1.165) is 16.2 Å². The Kier molecular flexibility index (Phi) is 5.23. The molecule has 0 radical (unpaired) electrons. The SMILES string of the molecule is CC(=O)c1cccc(NC(=O)CSc2nnc3scc(-c4ccccc4)n23)c1. The quantitative estimate of drug-likeness (QED) is 0.378. The van der Waals surface area contributed by atoms with Crippen molar-refractivity contribution in [1.29, 1.82) is 0 Å². The topological polar surface area (TPSA) is 76.4 Å². The fraction of sp³-hybridized carbons (Fsp3) is 0.100. The van der Waals surface area contributed by atoms with Gasteiger partial charge in [-0.25, -0.2) is 0 Å². The van der Waals surface area contributed by atoms with E-state index in [0.29, 0.717) is 16.4 Å². The van der Waals surface area contributed by atoms with Gasteiger partial charge in [0.25, 0.3) is 0 Å². The Labute approximate surface area is 169 Å². The van der Waals surface area contributed by atoms with E-state index in [1.807, 2.05) is 40.1 Å². The van der Waals surface area contributed by atoms with E-state index in [1.165, 1.54) is 30.0 Å². The smallest absolute Gasteiger partial charge is 0.234 e. The molecule has 4 aromatic rings. The predicted molar refractivity (Wildman–Crippen MR) is 112 cm³/mol. The summed E-state index contributed by atoms with van der Waals surface area (Å²) in [6.07, 6.45) is 0. The predicted octanol–water partition coefficient (Wildman–Crippen LogP) is 4.39. The maximum absolute atomic E-state index is 12.3. The standard InChI is InChI=1S/C20H16N4O2S2/c1-13(25)15-8-5-9-16(10-15)21-18(26)12-28-20-23-22-19-24(20)17(11-27-19)14-6-3-2-4-7-14/h2-11H,12H2,1H3,(H,21,26). The Bertz CT molecular complexity index is 1150. The van der Waals surface area contributed by atoms with Crippen LogP contribution in [0.3, 0.4) is 0 Å². The molecular weight excluding hydrogens is 392 g/mol. The molecule has 0 saturated carbocycles. The van der Waals surface area contributed by atoms with Crippen molar-refractivity contribution in [1.82, 2.24) is 14.6 Å². The Balaban J connectivity index is 1.49. The van der Waals surface area contributed by atoms with Gasteiger partial charge in [0.15, 0.2) is 10.9 Å². The lowest BCUT2D eigenvalue weighted by atomic mass is 10.1. The van der Waals surface area contributed by atoms with Crippen LogP contribution in [0.2, 0.25) is 0 Å². The highest BCUT2D eigenvalue weighted by molar-refractivity contribution is 7.99. The maximum atomic E-state index is 12.3. The van der Waals surface area contributed by atoms with Crippen molar-refractivity contribution < 1.29 is 9.59 Å². The van der Waals surface area contributed by atoms with E-state index in [1.54, 1.807) is 24.3 Å². The number of carbonyl (C=O) groups is 2. The molecule has 0 aliphatic carbocycles. The minimum absolute atomic E-state index is 0.0396. The number of ketones is 1. The summed E-state index contributed by atoms with van der Waals surface area (Å²) in [5.74, 6) is -0.0176. The molecule has 0 aliphatic heterocycles. The first kappa shape index (κ1) is 18.4. The van der Waals surface area contributed by atoms with Gasteiger partial charge in [0.2, 0.25) is 10.9 Å². The molecule has 1 amide bonds. The van der Waals surface area contributed by atoms with Crippen LogP contribution in [0, 0.1) is 0 Å². The largest absolute Gasteiger partial charge is 0.325 e. The monoisotopic (exact) mass is 408 g/mol. The summed E-state index contributed by atoms with van der Waals surface area (Å²) < 4.78 is 1.97. The highest BCUT2D eigenvalue weighted by Crippen LogP contribution is 2.29. The van der Waals surface area contributed by atoms with E-state index in [4.69, 9.17) is 0 Å². The first-order valence-corrected chi connectivity index (χ1v) is 10.4. The lowest BCUT2D eigenvalue weighted by Crippen LogP contribution is -2.14. The molecule has 0 spiro atoms. The number of hydrogen-bond donors (Lipinski definition) is 1. The van der Waals surface area contributed by atoms with Crippen molar-refractivity contribution in [3.8, 4) is 11.3 Å². The highest BCUT2D eigenvalue weighted by atomic mass is 32.2. The van der Waals surface area contributed by atoms with Gasteiger partial charge in [-0.15, -0.1) is 21.5 Å².